The van der Waals surface area contributed by atoms with E-state index in [4.69, 9.17) is 15.2 Å². The minimum absolute atomic E-state index is 0.0392. The fraction of sp³-hybridized carbons (Fsp3) is 0.381. The number of carbonyl (C=O) groups excluding carboxylic acids is 2. The lowest BCUT2D eigenvalue weighted by atomic mass is 10.2. The lowest BCUT2D eigenvalue weighted by Crippen LogP contribution is -2.44. The lowest BCUT2D eigenvalue weighted by Gasteiger charge is -2.28. The molecule has 3 aromatic rings. The van der Waals surface area contributed by atoms with Crippen molar-refractivity contribution in [1.82, 2.24) is 19.5 Å². The number of fused-ring (bicyclic) bond motifs is 1. The van der Waals surface area contributed by atoms with Crippen LogP contribution in [0.4, 0.5) is 21.1 Å². The average molecular weight is 426 g/mol. The summed E-state index contributed by atoms with van der Waals surface area (Å²) >= 11 is 0. The molecular formula is C21H26N6O4. The van der Waals surface area contributed by atoms with E-state index in [2.05, 4.69) is 15.0 Å². The molecular weight excluding hydrogens is 400 g/mol. The van der Waals surface area contributed by atoms with Crippen LogP contribution in [0.25, 0.3) is 16.9 Å². The molecule has 164 valence electrons. The minimum Gasteiger partial charge on any atom is -0.443 e. The number of hydrogen-bond acceptors (Lipinski definition) is 8. The minimum atomic E-state index is -0.927. The molecule has 3 rings (SSSR count). The fourth-order valence-electron chi connectivity index (χ4n) is 2.67. The summed E-state index contributed by atoms with van der Waals surface area (Å²) in [6.07, 6.45) is 0.915. The zero-order chi connectivity index (χ0) is 23.0. The summed E-state index contributed by atoms with van der Waals surface area (Å²) in [4.78, 5) is 39.4. The summed E-state index contributed by atoms with van der Waals surface area (Å²) in [5, 5.41) is 0. The summed E-state index contributed by atoms with van der Waals surface area (Å²) in [7, 11) is 0. The molecule has 0 aliphatic carbocycles. The van der Waals surface area contributed by atoms with Crippen LogP contribution in [0.5, 0.6) is 0 Å². The van der Waals surface area contributed by atoms with Crippen LogP contribution < -0.4 is 10.6 Å². The first-order valence-corrected chi connectivity index (χ1v) is 9.66. The van der Waals surface area contributed by atoms with Crippen LogP contribution >= 0.6 is 0 Å². The summed E-state index contributed by atoms with van der Waals surface area (Å²) in [6, 6.07) is 7.10. The number of ether oxygens (including phenoxy) is 2. The molecule has 0 aliphatic rings. The SMILES string of the molecule is CC(C)(C)OC(=O)N(C(=O)OC(C)(C)C)c1ncnc2c1ncn2-c1ccc(N)cc1. The zero-order valence-electron chi connectivity index (χ0n) is 18.4. The number of nitrogens with zero attached hydrogens (tertiary/aromatic N) is 5. The first-order chi connectivity index (χ1) is 14.4. The van der Waals surface area contributed by atoms with Gasteiger partial charge in [0.15, 0.2) is 17.0 Å². The maximum atomic E-state index is 12.9. The van der Waals surface area contributed by atoms with Crippen LogP contribution in [0, 0.1) is 0 Å². The number of nitrogen functional groups attached to an aromatic ring is 1. The molecule has 0 saturated heterocycles. The van der Waals surface area contributed by atoms with Crippen LogP contribution in [0.1, 0.15) is 41.5 Å². The highest BCUT2D eigenvalue weighted by atomic mass is 16.6. The van der Waals surface area contributed by atoms with Gasteiger partial charge in [-0.1, -0.05) is 0 Å². The number of aromatic nitrogens is 4. The maximum absolute atomic E-state index is 12.9. The second-order valence-electron chi connectivity index (χ2n) is 8.87. The Hall–Kier alpha value is -3.69. The van der Waals surface area contributed by atoms with Crippen LogP contribution in [0.15, 0.2) is 36.9 Å². The van der Waals surface area contributed by atoms with Crippen molar-refractivity contribution in [2.75, 3.05) is 10.6 Å². The highest BCUT2D eigenvalue weighted by Gasteiger charge is 2.35. The molecule has 1 aromatic carbocycles. The Morgan fingerprint density at radius 2 is 1.45 bits per heavy atom. The van der Waals surface area contributed by atoms with E-state index in [9.17, 15) is 9.59 Å². The normalized spacial score (nSPS) is 11.9. The summed E-state index contributed by atoms with van der Waals surface area (Å²) in [5.74, 6) is -0.0392. The number of imide groups is 1. The molecule has 2 N–H and O–H groups in total. The van der Waals surface area contributed by atoms with Crippen LogP contribution in [0.2, 0.25) is 0 Å². The van der Waals surface area contributed by atoms with Crippen molar-refractivity contribution in [2.24, 2.45) is 0 Å². The predicted octanol–water partition coefficient (Wildman–Crippen LogP) is 4.07. The smallest absolute Gasteiger partial charge is 0.425 e. The number of rotatable bonds is 2. The van der Waals surface area contributed by atoms with Crippen molar-refractivity contribution in [3.63, 3.8) is 0 Å². The predicted molar refractivity (Wildman–Crippen MR) is 116 cm³/mol. The van der Waals surface area contributed by atoms with E-state index in [1.165, 1.54) is 12.7 Å². The molecule has 0 radical (unpaired) electrons. The summed E-state index contributed by atoms with van der Waals surface area (Å²) in [6.45, 7) is 10.2. The molecule has 2 amide bonds. The van der Waals surface area contributed by atoms with Crippen molar-refractivity contribution in [3.05, 3.63) is 36.9 Å². The first-order valence-electron chi connectivity index (χ1n) is 9.66. The van der Waals surface area contributed by atoms with Crippen LogP contribution in [-0.4, -0.2) is 42.9 Å². The van der Waals surface area contributed by atoms with E-state index < -0.39 is 23.4 Å². The summed E-state index contributed by atoms with van der Waals surface area (Å²) < 4.78 is 12.5. The van der Waals surface area contributed by atoms with E-state index in [0.29, 0.717) is 11.3 Å². The zero-order valence-corrected chi connectivity index (χ0v) is 18.4. The van der Waals surface area contributed by atoms with E-state index in [0.717, 1.165) is 10.6 Å². The number of amides is 2. The van der Waals surface area contributed by atoms with Crippen LogP contribution in [-0.2, 0) is 9.47 Å². The van der Waals surface area contributed by atoms with Gasteiger partial charge >= 0.3 is 12.2 Å². The van der Waals surface area contributed by atoms with Gasteiger partial charge in [-0.25, -0.2) is 24.5 Å². The monoisotopic (exact) mass is 426 g/mol. The largest absolute Gasteiger partial charge is 0.443 e. The van der Waals surface area contributed by atoms with E-state index in [-0.39, 0.29) is 11.3 Å². The first kappa shape index (κ1) is 22.0. The van der Waals surface area contributed by atoms with Crippen molar-refractivity contribution >= 4 is 34.9 Å². The molecule has 0 unspecified atom stereocenters. The molecule has 0 saturated carbocycles. The Labute approximate surface area is 180 Å². The van der Waals surface area contributed by atoms with Crippen molar-refractivity contribution in [2.45, 2.75) is 52.7 Å². The lowest BCUT2D eigenvalue weighted by molar-refractivity contribution is 0.0429. The molecule has 0 atom stereocenters. The molecule has 0 bridgehead atoms. The highest BCUT2D eigenvalue weighted by molar-refractivity contribution is 6.12. The average Bonchev–Trinajstić information content (AvgIpc) is 3.04. The Morgan fingerprint density at radius 1 is 0.903 bits per heavy atom. The second kappa shape index (κ2) is 7.86. The van der Waals surface area contributed by atoms with E-state index in [1.807, 2.05) is 0 Å². The van der Waals surface area contributed by atoms with Gasteiger partial charge in [0.25, 0.3) is 0 Å². The third kappa shape index (κ3) is 5.08. The van der Waals surface area contributed by atoms with Gasteiger partial charge in [0.1, 0.15) is 23.9 Å². The molecule has 31 heavy (non-hydrogen) atoms. The molecule has 10 heteroatoms. The molecule has 0 spiro atoms. The second-order valence-corrected chi connectivity index (χ2v) is 8.87. The summed E-state index contributed by atoms with van der Waals surface area (Å²) in [5.41, 5.74) is 6.08. The number of anilines is 2. The molecule has 2 aromatic heterocycles. The third-order valence-corrected chi connectivity index (χ3v) is 3.85. The number of benzene rings is 1. The van der Waals surface area contributed by atoms with Gasteiger partial charge in [-0.05, 0) is 65.8 Å². The maximum Gasteiger partial charge on any atom is 0.425 e. The number of hydrogen-bond donors (Lipinski definition) is 1. The van der Waals surface area contributed by atoms with Gasteiger partial charge in [0, 0.05) is 11.4 Å². The van der Waals surface area contributed by atoms with E-state index in [1.54, 1.807) is 70.4 Å². The van der Waals surface area contributed by atoms with Gasteiger partial charge in [-0.3, -0.25) is 4.57 Å². The topological polar surface area (TPSA) is 125 Å². The number of carbonyl (C=O) groups is 2. The van der Waals surface area contributed by atoms with Gasteiger partial charge < -0.3 is 15.2 Å². The molecule has 0 fully saturated rings. The highest BCUT2D eigenvalue weighted by Crippen LogP contribution is 2.27. The Morgan fingerprint density at radius 3 is 1.97 bits per heavy atom. The standard InChI is InChI=1S/C21H26N6O4/c1-20(2,3)30-18(28)27(19(29)31-21(4,5)6)17-15-16(23-11-24-17)26(12-25-15)14-9-7-13(22)8-10-14/h7-12H,22H2,1-6H3. The number of nitrogens with two attached hydrogens (primary N) is 1. The van der Waals surface area contributed by atoms with Gasteiger partial charge in [0.05, 0.1) is 0 Å². The fourth-order valence-corrected chi connectivity index (χ4v) is 2.67. The number of imidazole rings is 1. The third-order valence-electron chi connectivity index (χ3n) is 3.85. The van der Waals surface area contributed by atoms with Crippen molar-refractivity contribution < 1.29 is 19.1 Å². The van der Waals surface area contributed by atoms with Gasteiger partial charge in [-0.15, -0.1) is 0 Å². The Kier molecular flexibility index (Phi) is 5.58. The molecule has 2 heterocycles. The van der Waals surface area contributed by atoms with Crippen molar-refractivity contribution in [1.29, 1.82) is 0 Å². The van der Waals surface area contributed by atoms with Crippen LogP contribution in [0.3, 0.4) is 0 Å². The Bertz CT molecular complexity index is 1080. The molecule has 10 nitrogen and oxygen atoms in total. The molecule has 0 aliphatic heterocycles. The quantitative estimate of drug-likeness (QED) is 0.608. The van der Waals surface area contributed by atoms with Gasteiger partial charge in [0.2, 0.25) is 0 Å². The van der Waals surface area contributed by atoms with Gasteiger partial charge in [-0.2, -0.15) is 4.90 Å². The van der Waals surface area contributed by atoms with Crippen molar-refractivity contribution in [3.8, 4) is 5.69 Å². The van der Waals surface area contributed by atoms with E-state index >= 15 is 0 Å². The Balaban J connectivity index is 2.12.